The summed E-state index contributed by atoms with van der Waals surface area (Å²) >= 11 is 0. The Hall–Kier alpha value is -0.870. The number of hydrogen-bond donors (Lipinski definition) is 1. The molecule has 1 aliphatic heterocycles. The summed E-state index contributed by atoms with van der Waals surface area (Å²) in [5.74, 6) is 1.94. The van der Waals surface area contributed by atoms with E-state index >= 15 is 0 Å². The van der Waals surface area contributed by atoms with Crippen molar-refractivity contribution in [1.82, 2.24) is 19.8 Å². The Morgan fingerprint density at radius 2 is 2.05 bits per heavy atom. The van der Waals surface area contributed by atoms with Crippen LogP contribution in [0.3, 0.4) is 0 Å². The van der Waals surface area contributed by atoms with E-state index in [1.165, 1.54) is 17.2 Å². The third-order valence-corrected chi connectivity index (χ3v) is 4.21. The van der Waals surface area contributed by atoms with Crippen LogP contribution in [0.15, 0.2) is 0 Å². The fourth-order valence-electron chi connectivity index (χ4n) is 2.73. The number of rotatable bonds is 6. The summed E-state index contributed by atoms with van der Waals surface area (Å²) in [5, 5.41) is 3.43. The number of likely N-dealkylation sites (N-methyl/N-ethyl adjacent to an activating group) is 1. The van der Waals surface area contributed by atoms with Gasteiger partial charge >= 0.3 is 0 Å². The Kier molecular flexibility index (Phi) is 5.22. The van der Waals surface area contributed by atoms with E-state index in [1.807, 2.05) is 0 Å². The van der Waals surface area contributed by atoms with E-state index in [1.54, 1.807) is 0 Å². The first kappa shape index (κ1) is 15.5. The van der Waals surface area contributed by atoms with Crippen molar-refractivity contribution in [3.8, 4) is 0 Å². The van der Waals surface area contributed by atoms with Gasteiger partial charge in [-0.05, 0) is 26.8 Å². The highest BCUT2D eigenvalue weighted by molar-refractivity contribution is 5.20. The molecule has 0 bridgehead atoms. The van der Waals surface area contributed by atoms with E-state index in [2.05, 4.69) is 49.5 Å². The van der Waals surface area contributed by atoms with Gasteiger partial charge in [0, 0.05) is 50.8 Å². The zero-order chi connectivity index (χ0) is 14.7. The Morgan fingerprint density at radius 1 is 1.30 bits per heavy atom. The first-order chi connectivity index (χ1) is 9.49. The highest BCUT2D eigenvalue weighted by Gasteiger charge is 2.20. The lowest BCUT2D eigenvalue weighted by molar-refractivity contribution is 0.260. The summed E-state index contributed by atoms with van der Waals surface area (Å²) < 4.78 is 2.50. The monoisotopic (exact) mass is 278 g/mol. The van der Waals surface area contributed by atoms with Crippen LogP contribution in [0.25, 0.3) is 0 Å². The van der Waals surface area contributed by atoms with Crippen LogP contribution in [-0.2, 0) is 25.9 Å². The summed E-state index contributed by atoms with van der Waals surface area (Å²) in [5.41, 5.74) is 2.75. The van der Waals surface area contributed by atoms with Gasteiger partial charge in [0.25, 0.3) is 0 Å². The molecule has 1 N–H and O–H groups in total. The van der Waals surface area contributed by atoms with Gasteiger partial charge in [0.15, 0.2) is 0 Å². The summed E-state index contributed by atoms with van der Waals surface area (Å²) in [6.07, 6.45) is 2.20. The molecule has 0 aromatic carbocycles. The molecule has 0 saturated heterocycles. The molecule has 2 rings (SSSR count). The largest absolute Gasteiger partial charge is 0.330 e. The lowest BCUT2D eigenvalue weighted by atomic mass is 10.1. The fraction of sp³-hybridized carbons (Fsp3) is 0.812. The van der Waals surface area contributed by atoms with E-state index in [0.717, 1.165) is 39.0 Å². The molecule has 0 amide bonds. The number of hydrogen-bond acceptors (Lipinski definition) is 3. The second kappa shape index (κ2) is 6.72. The van der Waals surface area contributed by atoms with Gasteiger partial charge < -0.3 is 14.8 Å². The van der Waals surface area contributed by atoms with Gasteiger partial charge in [0.1, 0.15) is 5.82 Å². The van der Waals surface area contributed by atoms with Crippen LogP contribution in [0.5, 0.6) is 0 Å². The molecule has 0 saturated carbocycles. The van der Waals surface area contributed by atoms with Crippen LogP contribution in [0.1, 0.15) is 44.9 Å². The quantitative estimate of drug-likeness (QED) is 0.865. The smallest absolute Gasteiger partial charge is 0.109 e. The van der Waals surface area contributed by atoms with Crippen molar-refractivity contribution >= 4 is 0 Å². The predicted octanol–water partition coefficient (Wildman–Crippen LogP) is 2.07. The third kappa shape index (κ3) is 3.61. The molecule has 1 aliphatic rings. The molecular formula is C16H30N4. The Bertz CT molecular complexity index is 434. The van der Waals surface area contributed by atoms with Gasteiger partial charge in [-0.1, -0.05) is 13.8 Å². The van der Waals surface area contributed by atoms with Crippen molar-refractivity contribution in [3.05, 3.63) is 17.2 Å². The molecular weight excluding hydrogens is 248 g/mol. The van der Waals surface area contributed by atoms with Crippen molar-refractivity contribution in [2.24, 2.45) is 5.92 Å². The SMILES string of the molecule is CC(C)Cc1nc2c(n1CCN(C)C(C)C)CCNC2. The van der Waals surface area contributed by atoms with E-state index in [4.69, 9.17) is 4.98 Å². The van der Waals surface area contributed by atoms with E-state index < -0.39 is 0 Å². The molecule has 4 nitrogen and oxygen atoms in total. The van der Waals surface area contributed by atoms with Crippen molar-refractivity contribution in [2.75, 3.05) is 20.1 Å². The zero-order valence-corrected chi connectivity index (χ0v) is 13.7. The standard InChI is InChI=1S/C16H30N4/c1-12(2)10-16-18-14-11-17-7-6-15(14)20(16)9-8-19(5)13(3)4/h12-13,17H,6-11H2,1-5H3. The number of aromatic nitrogens is 2. The molecule has 4 heteroatoms. The minimum Gasteiger partial charge on any atom is -0.330 e. The molecule has 0 aliphatic carbocycles. The van der Waals surface area contributed by atoms with Gasteiger partial charge in [-0.2, -0.15) is 0 Å². The zero-order valence-electron chi connectivity index (χ0n) is 13.7. The topological polar surface area (TPSA) is 33.1 Å². The molecule has 0 radical (unpaired) electrons. The maximum Gasteiger partial charge on any atom is 0.109 e. The average Bonchev–Trinajstić information content (AvgIpc) is 2.72. The summed E-state index contributed by atoms with van der Waals surface area (Å²) in [4.78, 5) is 7.30. The highest BCUT2D eigenvalue weighted by atomic mass is 15.2. The first-order valence-electron chi connectivity index (χ1n) is 7.97. The van der Waals surface area contributed by atoms with Crippen LogP contribution < -0.4 is 5.32 Å². The van der Waals surface area contributed by atoms with Crippen LogP contribution in [0.4, 0.5) is 0 Å². The summed E-state index contributed by atoms with van der Waals surface area (Å²) in [6.45, 7) is 13.2. The maximum absolute atomic E-state index is 4.90. The normalized spacial score (nSPS) is 15.4. The van der Waals surface area contributed by atoms with Crippen molar-refractivity contribution in [1.29, 1.82) is 0 Å². The molecule has 0 atom stereocenters. The lowest BCUT2D eigenvalue weighted by Crippen LogP contribution is -2.31. The molecule has 1 aromatic rings. The molecule has 20 heavy (non-hydrogen) atoms. The van der Waals surface area contributed by atoms with Crippen molar-refractivity contribution in [3.63, 3.8) is 0 Å². The van der Waals surface area contributed by atoms with Crippen LogP contribution in [-0.4, -0.2) is 40.6 Å². The number of nitrogens with one attached hydrogen (secondary N) is 1. The average molecular weight is 278 g/mol. The molecule has 1 aromatic heterocycles. The van der Waals surface area contributed by atoms with Gasteiger partial charge in [0.05, 0.1) is 5.69 Å². The van der Waals surface area contributed by atoms with Gasteiger partial charge in [-0.25, -0.2) is 4.98 Å². The van der Waals surface area contributed by atoms with Crippen LogP contribution in [0.2, 0.25) is 0 Å². The molecule has 0 unspecified atom stereocenters. The van der Waals surface area contributed by atoms with Crippen LogP contribution in [0, 0.1) is 5.92 Å². The summed E-state index contributed by atoms with van der Waals surface area (Å²) in [6, 6.07) is 0.601. The number of imidazole rings is 1. The van der Waals surface area contributed by atoms with E-state index in [9.17, 15) is 0 Å². The fourth-order valence-corrected chi connectivity index (χ4v) is 2.73. The maximum atomic E-state index is 4.90. The molecule has 0 spiro atoms. The number of fused-ring (bicyclic) bond motifs is 1. The second-order valence-corrected chi connectivity index (χ2v) is 6.67. The van der Waals surface area contributed by atoms with E-state index in [-0.39, 0.29) is 0 Å². The summed E-state index contributed by atoms with van der Waals surface area (Å²) in [7, 11) is 2.21. The van der Waals surface area contributed by atoms with Crippen molar-refractivity contribution < 1.29 is 0 Å². The first-order valence-corrected chi connectivity index (χ1v) is 7.97. The number of nitrogens with zero attached hydrogens (tertiary/aromatic N) is 3. The van der Waals surface area contributed by atoms with Gasteiger partial charge in [-0.15, -0.1) is 0 Å². The Balaban J connectivity index is 2.17. The van der Waals surface area contributed by atoms with Gasteiger partial charge in [-0.3, -0.25) is 0 Å². The molecule has 2 heterocycles. The Labute approximate surface area is 123 Å². The minimum atomic E-state index is 0.601. The second-order valence-electron chi connectivity index (χ2n) is 6.67. The third-order valence-electron chi connectivity index (χ3n) is 4.21. The lowest BCUT2D eigenvalue weighted by Gasteiger charge is -2.23. The van der Waals surface area contributed by atoms with E-state index in [0.29, 0.717) is 12.0 Å². The molecule has 0 fully saturated rings. The Morgan fingerprint density at radius 3 is 2.70 bits per heavy atom. The highest BCUT2D eigenvalue weighted by Crippen LogP contribution is 2.18. The molecule has 114 valence electrons. The minimum absolute atomic E-state index is 0.601. The van der Waals surface area contributed by atoms with Crippen molar-refractivity contribution in [2.45, 2.75) is 59.7 Å². The van der Waals surface area contributed by atoms with Gasteiger partial charge in [0.2, 0.25) is 0 Å². The van der Waals surface area contributed by atoms with Crippen LogP contribution >= 0.6 is 0 Å². The predicted molar refractivity (Wildman–Crippen MR) is 83.9 cm³/mol.